The second kappa shape index (κ2) is 8.07. The maximum absolute atomic E-state index is 13.6. The van der Waals surface area contributed by atoms with Gasteiger partial charge in [-0.3, -0.25) is 5.32 Å². The van der Waals surface area contributed by atoms with Crippen LogP contribution in [0.5, 0.6) is 6.01 Å². The van der Waals surface area contributed by atoms with E-state index in [0.717, 1.165) is 23.7 Å². The summed E-state index contributed by atoms with van der Waals surface area (Å²) in [6.45, 7) is 4.67. The van der Waals surface area contributed by atoms with Crippen molar-refractivity contribution in [2.24, 2.45) is 0 Å². The fourth-order valence-corrected chi connectivity index (χ4v) is 1.73. The molecule has 0 saturated carbocycles. The van der Waals surface area contributed by atoms with Crippen molar-refractivity contribution in [1.29, 1.82) is 0 Å². The summed E-state index contributed by atoms with van der Waals surface area (Å²) in [5, 5.41) is 4.91. The Morgan fingerprint density at radius 1 is 1.30 bits per heavy atom. The molecule has 1 heterocycles. The minimum Gasteiger partial charge on any atom is -0.459 e. The molecule has 1 aromatic carbocycles. The molecule has 0 unspecified atom stereocenters. The van der Waals surface area contributed by atoms with E-state index in [2.05, 4.69) is 20.6 Å². The lowest BCUT2D eigenvalue weighted by atomic mass is 10.2. The average Bonchev–Trinajstić information content (AvgIpc) is 2.55. The Kier molecular flexibility index (Phi) is 5.85. The Bertz CT molecular complexity index is 662. The predicted octanol–water partition coefficient (Wildman–Crippen LogP) is 3.03. The molecule has 0 aliphatic heterocycles. The first-order valence-electron chi connectivity index (χ1n) is 7.34. The lowest BCUT2D eigenvalue weighted by Gasteiger charge is -2.09. The molecule has 6 nitrogen and oxygen atoms in total. The second-order valence-electron chi connectivity index (χ2n) is 5.00. The van der Waals surface area contributed by atoms with Crippen LogP contribution in [0.1, 0.15) is 24.5 Å². The molecule has 122 valence electrons. The fourth-order valence-electron chi connectivity index (χ4n) is 1.73. The number of benzene rings is 1. The van der Waals surface area contributed by atoms with Crippen LogP contribution in [0.4, 0.5) is 15.0 Å². The standard InChI is InChI=1S/C16H19FN4O2/c1-3-8-18-15(22)20-14-13(17)9-19-16(21-14)23-10-12-6-4-11(2)5-7-12/h4-7,9H,3,8,10H2,1-2H3,(H2,18,19,20,21,22). The Morgan fingerprint density at radius 2 is 2.04 bits per heavy atom. The summed E-state index contributed by atoms with van der Waals surface area (Å²) >= 11 is 0. The van der Waals surface area contributed by atoms with Crippen LogP contribution in [0.3, 0.4) is 0 Å². The molecule has 2 N–H and O–H groups in total. The first-order chi connectivity index (χ1) is 11.1. The van der Waals surface area contributed by atoms with Gasteiger partial charge in [-0.25, -0.2) is 14.2 Å². The molecule has 7 heteroatoms. The maximum atomic E-state index is 13.6. The average molecular weight is 318 g/mol. The molecule has 0 fully saturated rings. The first-order valence-corrected chi connectivity index (χ1v) is 7.34. The number of hydrogen-bond acceptors (Lipinski definition) is 4. The number of carbonyl (C=O) groups is 1. The Hall–Kier alpha value is -2.70. The van der Waals surface area contributed by atoms with Crippen molar-refractivity contribution in [2.45, 2.75) is 26.9 Å². The van der Waals surface area contributed by atoms with Crippen molar-refractivity contribution in [3.05, 3.63) is 47.4 Å². The van der Waals surface area contributed by atoms with Crippen LogP contribution in [-0.2, 0) is 6.61 Å². The van der Waals surface area contributed by atoms with E-state index >= 15 is 0 Å². The summed E-state index contributed by atoms with van der Waals surface area (Å²) in [7, 11) is 0. The number of hydrogen-bond donors (Lipinski definition) is 2. The zero-order valence-electron chi connectivity index (χ0n) is 13.1. The zero-order valence-corrected chi connectivity index (χ0v) is 13.1. The SMILES string of the molecule is CCCNC(=O)Nc1nc(OCc2ccc(C)cc2)ncc1F. The fraction of sp³-hybridized carbons (Fsp3) is 0.312. The van der Waals surface area contributed by atoms with E-state index in [-0.39, 0.29) is 18.4 Å². The normalized spacial score (nSPS) is 10.2. The van der Waals surface area contributed by atoms with Crippen LogP contribution in [0.15, 0.2) is 30.5 Å². The van der Waals surface area contributed by atoms with Crippen molar-refractivity contribution in [2.75, 3.05) is 11.9 Å². The molecular formula is C16H19FN4O2. The molecule has 1 aromatic heterocycles. The van der Waals surface area contributed by atoms with Crippen LogP contribution in [0.25, 0.3) is 0 Å². The lowest BCUT2D eigenvalue weighted by Crippen LogP contribution is -2.30. The van der Waals surface area contributed by atoms with E-state index in [0.29, 0.717) is 6.54 Å². The van der Waals surface area contributed by atoms with Crippen LogP contribution in [0, 0.1) is 12.7 Å². The van der Waals surface area contributed by atoms with E-state index in [9.17, 15) is 9.18 Å². The topological polar surface area (TPSA) is 76.1 Å². The summed E-state index contributed by atoms with van der Waals surface area (Å²) in [4.78, 5) is 19.2. The Labute approximate surface area is 134 Å². The van der Waals surface area contributed by atoms with E-state index in [1.165, 1.54) is 0 Å². The van der Waals surface area contributed by atoms with E-state index < -0.39 is 11.8 Å². The molecule has 0 aliphatic rings. The number of rotatable bonds is 6. The van der Waals surface area contributed by atoms with Gasteiger partial charge in [0, 0.05) is 6.54 Å². The van der Waals surface area contributed by atoms with Crippen molar-refractivity contribution in [3.63, 3.8) is 0 Å². The monoisotopic (exact) mass is 318 g/mol. The number of urea groups is 1. The Balaban J connectivity index is 1.98. The van der Waals surface area contributed by atoms with Crippen molar-refractivity contribution in [3.8, 4) is 6.01 Å². The van der Waals surface area contributed by atoms with Gasteiger partial charge in [0.15, 0.2) is 11.6 Å². The van der Waals surface area contributed by atoms with Crippen molar-refractivity contribution < 1.29 is 13.9 Å². The van der Waals surface area contributed by atoms with Gasteiger partial charge in [-0.15, -0.1) is 0 Å². The quantitative estimate of drug-likeness (QED) is 0.858. The molecule has 0 spiro atoms. The summed E-state index contributed by atoms with van der Waals surface area (Å²) in [6.07, 6.45) is 1.75. The number of anilines is 1. The molecule has 2 amide bonds. The minimum absolute atomic E-state index is 0.00207. The van der Waals surface area contributed by atoms with Crippen LogP contribution in [0.2, 0.25) is 0 Å². The number of aryl methyl sites for hydroxylation is 1. The highest BCUT2D eigenvalue weighted by molar-refractivity contribution is 5.88. The van der Waals surface area contributed by atoms with Gasteiger partial charge in [0.1, 0.15) is 6.61 Å². The van der Waals surface area contributed by atoms with Gasteiger partial charge in [0.05, 0.1) is 6.20 Å². The number of halogens is 1. The van der Waals surface area contributed by atoms with Gasteiger partial charge in [-0.05, 0) is 18.9 Å². The second-order valence-corrected chi connectivity index (χ2v) is 5.00. The first kappa shape index (κ1) is 16.7. The number of nitrogens with one attached hydrogen (secondary N) is 2. The van der Waals surface area contributed by atoms with E-state index in [1.54, 1.807) is 0 Å². The van der Waals surface area contributed by atoms with E-state index in [4.69, 9.17) is 4.74 Å². The summed E-state index contributed by atoms with van der Waals surface area (Å²) in [6, 6.07) is 7.27. The third-order valence-corrected chi connectivity index (χ3v) is 2.98. The van der Waals surface area contributed by atoms with Crippen LogP contribution >= 0.6 is 0 Å². The molecule has 0 radical (unpaired) electrons. The number of carbonyl (C=O) groups excluding carboxylic acids is 1. The van der Waals surface area contributed by atoms with Crippen molar-refractivity contribution in [1.82, 2.24) is 15.3 Å². The highest BCUT2D eigenvalue weighted by Gasteiger charge is 2.11. The number of amides is 2. The van der Waals surface area contributed by atoms with Gasteiger partial charge < -0.3 is 10.1 Å². The molecule has 0 saturated heterocycles. The number of nitrogens with zero attached hydrogens (tertiary/aromatic N) is 2. The third kappa shape index (κ3) is 5.21. The van der Waals surface area contributed by atoms with Gasteiger partial charge in [0.25, 0.3) is 0 Å². The van der Waals surface area contributed by atoms with Crippen LogP contribution in [-0.4, -0.2) is 22.5 Å². The highest BCUT2D eigenvalue weighted by Crippen LogP contribution is 2.14. The largest absolute Gasteiger partial charge is 0.459 e. The molecule has 0 atom stereocenters. The van der Waals surface area contributed by atoms with Gasteiger partial charge in [-0.1, -0.05) is 36.8 Å². The summed E-state index contributed by atoms with van der Waals surface area (Å²) in [5.41, 5.74) is 2.09. The van der Waals surface area contributed by atoms with E-state index in [1.807, 2.05) is 38.1 Å². The smallest absolute Gasteiger partial charge is 0.320 e. The molecule has 2 aromatic rings. The number of aromatic nitrogens is 2. The Morgan fingerprint density at radius 3 is 2.74 bits per heavy atom. The van der Waals surface area contributed by atoms with Crippen LogP contribution < -0.4 is 15.4 Å². The van der Waals surface area contributed by atoms with Gasteiger partial charge in [0.2, 0.25) is 0 Å². The molecule has 0 bridgehead atoms. The molecule has 0 aliphatic carbocycles. The lowest BCUT2D eigenvalue weighted by molar-refractivity contribution is 0.251. The minimum atomic E-state index is -0.723. The van der Waals surface area contributed by atoms with Crippen molar-refractivity contribution >= 4 is 11.8 Å². The summed E-state index contributed by atoms with van der Waals surface area (Å²) in [5.74, 6) is -0.938. The number of ether oxygens (including phenoxy) is 1. The van der Waals surface area contributed by atoms with Gasteiger partial charge in [-0.2, -0.15) is 4.98 Å². The highest BCUT2D eigenvalue weighted by atomic mass is 19.1. The molecular weight excluding hydrogens is 299 g/mol. The predicted molar refractivity (Wildman–Crippen MR) is 84.8 cm³/mol. The third-order valence-electron chi connectivity index (χ3n) is 2.98. The molecule has 23 heavy (non-hydrogen) atoms. The summed E-state index contributed by atoms with van der Waals surface area (Å²) < 4.78 is 19.1. The maximum Gasteiger partial charge on any atom is 0.320 e. The molecule has 2 rings (SSSR count). The zero-order chi connectivity index (χ0) is 16.7. The van der Waals surface area contributed by atoms with Gasteiger partial charge >= 0.3 is 12.0 Å².